The van der Waals surface area contributed by atoms with Crippen LogP contribution in [0.4, 0.5) is 0 Å². The minimum absolute atomic E-state index is 0.0443. The van der Waals surface area contributed by atoms with Gasteiger partial charge in [0, 0.05) is 32.4 Å². The summed E-state index contributed by atoms with van der Waals surface area (Å²) in [4.78, 5) is 13.0. The molecule has 1 N–H and O–H groups in total. The highest BCUT2D eigenvalue weighted by Crippen LogP contribution is 2.25. The number of carbonyl (C=O) groups is 1. The first-order valence-corrected chi connectivity index (χ1v) is 11.3. The average Bonchev–Trinajstić information content (AvgIpc) is 3.24. The van der Waals surface area contributed by atoms with E-state index in [4.69, 9.17) is 0 Å². The number of rotatable bonds is 4. The van der Waals surface area contributed by atoms with Crippen molar-refractivity contribution in [2.24, 2.45) is 13.0 Å². The maximum atomic E-state index is 13.0. The lowest BCUT2D eigenvalue weighted by Gasteiger charge is -2.29. The summed E-state index contributed by atoms with van der Waals surface area (Å²) in [5, 5.41) is 3.07. The van der Waals surface area contributed by atoms with Crippen molar-refractivity contribution in [3.05, 3.63) is 53.3 Å². The normalized spacial score (nSPS) is 20.9. The highest BCUT2D eigenvalue weighted by atomic mass is 32.2. The molecule has 1 saturated heterocycles. The Morgan fingerprint density at radius 3 is 2.50 bits per heavy atom. The molecule has 1 aliphatic carbocycles. The van der Waals surface area contributed by atoms with E-state index < -0.39 is 10.0 Å². The van der Waals surface area contributed by atoms with Crippen LogP contribution in [0.5, 0.6) is 0 Å². The fraction of sp³-hybridized carbons (Fsp3) is 0.476. The maximum Gasteiger partial charge on any atom is 0.268 e. The van der Waals surface area contributed by atoms with Crippen molar-refractivity contribution in [3.63, 3.8) is 0 Å². The van der Waals surface area contributed by atoms with E-state index in [0.29, 0.717) is 24.7 Å². The fourth-order valence-corrected chi connectivity index (χ4v) is 6.01. The molecule has 0 saturated carbocycles. The number of amides is 1. The molecular weight excluding hydrogens is 374 g/mol. The molecule has 6 nitrogen and oxygen atoms in total. The average molecular weight is 402 g/mol. The molecule has 1 aliphatic heterocycles. The van der Waals surface area contributed by atoms with E-state index in [9.17, 15) is 13.2 Å². The number of sulfonamides is 1. The Kier molecular flexibility index (Phi) is 5.05. The minimum Gasteiger partial charge on any atom is -0.347 e. The van der Waals surface area contributed by atoms with Crippen LogP contribution in [0, 0.1) is 5.92 Å². The molecule has 1 atom stereocenters. The number of carbonyl (C=O) groups excluding carboxylic acids is 1. The molecule has 0 spiro atoms. The zero-order valence-corrected chi connectivity index (χ0v) is 17.2. The van der Waals surface area contributed by atoms with Gasteiger partial charge in [0.2, 0.25) is 10.0 Å². The number of fused-ring (bicyclic) bond motifs is 1. The molecule has 7 heteroatoms. The number of aromatic nitrogens is 1. The van der Waals surface area contributed by atoms with Crippen LogP contribution in [0.1, 0.15) is 41.4 Å². The van der Waals surface area contributed by atoms with Gasteiger partial charge in [0.05, 0.1) is 0 Å². The van der Waals surface area contributed by atoms with E-state index in [-0.39, 0.29) is 16.8 Å². The second-order valence-corrected chi connectivity index (χ2v) is 10.1. The largest absolute Gasteiger partial charge is 0.347 e. The molecule has 1 aromatic carbocycles. The molecule has 150 valence electrons. The SMILES string of the molecule is CC1CCCN(S(=O)(=O)c2cc(C(=O)NC3Cc4ccccc4C3)n(C)c2)C1. The Balaban J connectivity index is 1.49. The monoisotopic (exact) mass is 401 g/mol. The highest BCUT2D eigenvalue weighted by Gasteiger charge is 2.31. The number of benzene rings is 1. The summed E-state index contributed by atoms with van der Waals surface area (Å²) >= 11 is 0. The Morgan fingerprint density at radius 1 is 1.18 bits per heavy atom. The second-order valence-electron chi connectivity index (χ2n) is 8.13. The summed E-state index contributed by atoms with van der Waals surface area (Å²) in [6, 6.07) is 9.76. The summed E-state index contributed by atoms with van der Waals surface area (Å²) in [5.41, 5.74) is 2.91. The van der Waals surface area contributed by atoms with Crippen LogP contribution in [0.3, 0.4) is 0 Å². The number of piperidine rings is 1. The number of nitrogens with zero attached hydrogens (tertiary/aromatic N) is 2. The van der Waals surface area contributed by atoms with Gasteiger partial charge >= 0.3 is 0 Å². The van der Waals surface area contributed by atoms with Gasteiger partial charge in [-0.3, -0.25) is 4.79 Å². The van der Waals surface area contributed by atoms with Crippen LogP contribution in [0.15, 0.2) is 41.4 Å². The van der Waals surface area contributed by atoms with Crippen molar-refractivity contribution in [3.8, 4) is 0 Å². The summed E-state index contributed by atoms with van der Waals surface area (Å²) in [6.45, 7) is 3.16. The third-order valence-electron chi connectivity index (χ3n) is 5.86. The van der Waals surface area contributed by atoms with Crippen LogP contribution >= 0.6 is 0 Å². The van der Waals surface area contributed by atoms with E-state index in [0.717, 1.165) is 25.7 Å². The molecule has 2 aliphatic rings. The van der Waals surface area contributed by atoms with Gasteiger partial charge in [-0.05, 0) is 48.8 Å². The van der Waals surface area contributed by atoms with E-state index in [1.807, 2.05) is 12.1 Å². The quantitative estimate of drug-likeness (QED) is 0.855. The van der Waals surface area contributed by atoms with Crippen LogP contribution in [0.25, 0.3) is 0 Å². The summed E-state index contributed by atoms with van der Waals surface area (Å²) in [5.74, 6) is 0.132. The summed E-state index contributed by atoms with van der Waals surface area (Å²) < 4.78 is 29.1. The summed E-state index contributed by atoms with van der Waals surface area (Å²) in [7, 11) is -1.85. The molecule has 0 bridgehead atoms. The summed E-state index contributed by atoms with van der Waals surface area (Å²) in [6.07, 6.45) is 5.10. The van der Waals surface area contributed by atoms with Gasteiger partial charge < -0.3 is 9.88 Å². The van der Waals surface area contributed by atoms with Crippen LogP contribution in [0.2, 0.25) is 0 Å². The third-order valence-corrected chi connectivity index (χ3v) is 7.69. The molecule has 1 fully saturated rings. The highest BCUT2D eigenvalue weighted by molar-refractivity contribution is 7.89. The topological polar surface area (TPSA) is 71.4 Å². The van der Waals surface area contributed by atoms with Crippen molar-refractivity contribution in [1.29, 1.82) is 0 Å². The van der Waals surface area contributed by atoms with Gasteiger partial charge in [0.15, 0.2) is 0 Å². The molecule has 1 aromatic heterocycles. The lowest BCUT2D eigenvalue weighted by Crippen LogP contribution is -2.39. The van der Waals surface area contributed by atoms with Gasteiger partial charge in [0.25, 0.3) is 5.91 Å². The minimum atomic E-state index is -3.57. The van der Waals surface area contributed by atoms with Gasteiger partial charge in [-0.15, -0.1) is 0 Å². The number of hydrogen-bond donors (Lipinski definition) is 1. The molecule has 0 radical (unpaired) electrons. The Labute approximate surface area is 166 Å². The van der Waals surface area contributed by atoms with Crippen LogP contribution in [-0.4, -0.2) is 42.3 Å². The Morgan fingerprint density at radius 2 is 1.86 bits per heavy atom. The first kappa shape index (κ1) is 19.2. The molecule has 2 aromatic rings. The van der Waals surface area contributed by atoms with E-state index >= 15 is 0 Å². The van der Waals surface area contributed by atoms with Gasteiger partial charge in [0.1, 0.15) is 10.6 Å². The van der Waals surface area contributed by atoms with Gasteiger partial charge in [-0.2, -0.15) is 4.31 Å². The van der Waals surface area contributed by atoms with Crippen molar-refractivity contribution in [1.82, 2.24) is 14.2 Å². The first-order chi connectivity index (χ1) is 13.3. The third kappa shape index (κ3) is 3.61. The predicted molar refractivity (Wildman–Crippen MR) is 108 cm³/mol. The maximum absolute atomic E-state index is 13.0. The lowest BCUT2D eigenvalue weighted by molar-refractivity contribution is 0.0930. The van der Waals surface area contributed by atoms with Crippen molar-refractivity contribution < 1.29 is 13.2 Å². The Bertz CT molecular complexity index is 971. The molecule has 2 heterocycles. The number of nitrogens with one attached hydrogen (secondary N) is 1. The van der Waals surface area contributed by atoms with Crippen molar-refractivity contribution in [2.75, 3.05) is 13.1 Å². The van der Waals surface area contributed by atoms with Gasteiger partial charge in [-0.1, -0.05) is 31.2 Å². The van der Waals surface area contributed by atoms with E-state index in [2.05, 4.69) is 24.4 Å². The number of aryl methyl sites for hydroxylation is 1. The smallest absolute Gasteiger partial charge is 0.268 e. The lowest BCUT2D eigenvalue weighted by atomic mass is 10.0. The van der Waals surface area contributed by atoms with E-state index in [1.54, 1.807) is 22.1 Å². The standard InChI is InChI=1S/C21H27N3O3S/c1-15-6-5-9-24(13-15)28(26,27)19-12-20(23(2)14-19)21(25)22-18-10-16-7-3-4-8-17(16)11-18/h3-4,7-8,12,14-15,18H,5-6,9-11,13H2,1-2H3,(H,22,25). The molecule has 1 unspecified atom stereocenters. The zero-order chi connectivity index (χ0) is 19.9. The first-order valence-electron chi connectivity index (χ1n) is 9.89. The van der Waals surface area contributed by atoms with Crippen molar-refractivity contribution >= 4 is 15.9 Å². The zero-order valence-electron chi connectivity index (χ0n) is 16.4. The second kappa shape index (κ2) is 7.37. The number of hydrogen-bond acceptors (Lipinski definition) is 3. The molecule has 4 rings (SSSR count). The fourth-order valence-electron chi connectivity index (χ4n) is 4.33. The van der Waals surface area contributed by atoms with Crippen molar-refractivity contribution in [2.45, 2.75) is 43.5 Å². The molecule has 28 heavy (non-hydrogen) atoms. The van der Waals surface area contributed by atoms with Crippen LogP contribution < -0.4 is 5.32 Å². The van der Waals surface area contributed by atoms with Gasteiger partial charge in [-0.25, -0.2) is 8.42 Å². The molecular formula is C21H27N3O3S. The Hall–Kier alpha value is -2.12. The van der Waals surface area contributed by atoms with Crippen LogP contribution in [-0.2, 0) is 29.9 Å². The molecule has 1 amide bonds. The predicted octanol–water partition coefficient (Wildman–Crippen LogP) is 2.34. The van der Waals surface area contributed by atoms with E-state index in [1.165, 1.54) is 17.2 Å².